The van der Waals surface area contributed by atoms with E-state index in [-0.39, 0.29) is 0 Å². The van der Waals surface area contributed by atoms with E-state index in [1.54, 1.807) is 0 Å². The predicted molar refractivity (Wildman–Crippen MR) is 74.9 cm³/mol. The smallest absolute Gasteiger partial charge is 0.203 e. The Balaban J connectivity index is 1.75. The molecule has 0 aromatic carbocycles. The highest BCUT2D eigenvalue weighted by atomic mass is 15.2. The number of imidazole rings is 1. The molecule has 3 nitrogen and oxygen atoms in total. The molecular weight excluding hydrogens is 222 g/mol. The second-order valence-corrected chi connectivity index (χ2v) is 6.18. The van der Waals surface area contributed by atoms with Gasteiger partial charge in [0.15, 0.2) is 0 Å². The maximum Gasteiger partial charge on any atom is 0.203 e. The molecule has 0 amide bonds. The Morgan fingerprint density at radius 3 is 2.61 bits per heavy atom. The largest absolute Gasteiger partial charge is 0.353 e. The normalized spacial score (nSPS) is 23.0. The van der Waals surface area contributed by atoms with E-state index >= 15 is 0 Å². The second-order valence-electron chi connectivity index (χ2n) is 6.18. The first-order chi connectivity index (χ1) is 8.74. The molecule has 2 fully saturated rings. The molecule has 100 valence electrons. The third kappa shape index (κ3) is 2.55. The number of anilines is 1. The van der Waals surface area contributed by atoms with Gasteiger partial charge >= 0.3 is 0 Å². The van der Waals surface area contributed by atoms with E-state index < -0.39 is 0 Å². The van der Waals surface area contributed by atoms with E-state index in [0.717, 1.165) is 17.6 Å². The highest BCUT2D eigenvalue weighted by molar-refractivity contribution is 5.31. The van der Waals surface area contributed by atoms with Crippen molar-refractivity contribution in [2.45, 2.75) is 70.9 Å². The third-order valence-electron chi connectivity index (χ3n) is 4.51. The molecule has 0 saturated heterocycles. The van der Waals surface area contributed by atoms with Crippen LogP contribution < -0.4 is 5.32 Å². The SMILES string of the molecule is Cc1cn(C2CCCCC2)c(NC(C)C2CC2)n1. The van der Waals surface area contributed by atoms with E-state index in [1.165, 1.54) is 44.9 Å². The van der Waals surface area contributed by atoms with Gasteiger partial charge in [0.1, 0.15) is 0 Å². The van der Waals surface area contributed by atoms with Crippen LogP contribution in [0.25, 0.3) is 0 Å². The zero-order chi connectivity index (χ0) is 12.5. The van der Waals surface area contributed by atoms with Crippen LogP contribution in [0.4, 0.5) is 5.95 Å². The van der Waals surface area contributed by atoms with Gasteiger partial charge < -0.3 is 9.88 Å². The predicted octanol–water partition coefficient (Wildman–Crippen LogP) is 3.91. The maximum atomic E-state index is 4.69. The maximum absolute atomic E-state index is 4.69. The van der Waals surface area contributed by atoms with E-state index in [4.69, 9.17) is 0 Å². The van der Waals surface area contributed by atoms with Gasteiger partial charge in [0.05, 0.1) is 5.69 Å². The van der Waals surface area contributed by atoms with Crippen molar-refractivity contribution in [1.82, 2.24) is 9.55 Å². The first kappa shape index (κ1) is 12.1. The number of hydrogen-bond acceptors (Lipinski definition) is 2. The number of aryl methyl sites for hydroxylation is 1. The van der Waals surface area contributed by atoms with Gasteiger partial charge in [-0.05, 0) is 45.4 Å². The summed E-state index contributed by atoms with van der Waals surface area (Å²) in [5.74, 6) is 1.99. The lowest BCUT2D eigenvalue weighted by Gasteiger charge is -2.25. The van der Waals surface area contributed by atoms with Gasteiger partial charge in [0, 0.05) is 18.3 Å². The summed E-state index contributed by atoms with van der Waals surface area (Å²) in [6.07, 6.45) is 11.8. The van der Waals surface area contributed by atoms with Crippen LogP contribution in [0.1, 0.15) is 63.6 Å². The summed E-state index contributed by atoms with van der Waals surface area (Å²) in [5.41, 5.74) is 1.14. The molecule has 1 aromatic rings. The first-order valence-electron chi connectivity index (χ1n) is 7.56. The van der Waals surface area contributed by atoms with Crippen molar-refractivity contribution in [2.24, 2.45) is 5.92 Å². The standard InChI is InChI=1S/C15H25N3/c1-11-10-18(14-6-4-3-5-7-14)15(16-11)17-12(2)13-8-9-13/h10,12-14H,3-9H2,1-2H3,(H,16,17). The third-order valence-corrected chi connectivity index (χ3v) is 4.51. The minimum atomic E-state index is 0.578. The molecule has 2 aliphatic carbocycles. The van der Waals surface area contributed by atoms with Crippen LogP contribution in [-0.4, -0.2) is 15.6 Å². The van der Waals surface area contributed by atoms with E-state index in [1.807, 2.05) is 0 Å². The summed E-state index contributed by atoms with van der Waals surface area (Å²) in [6, 6.07) is 1.25. The summed E-state index contributed by atoms with van der Waals surface area (Å²) in [4.78, 5) is 4.69. The number of nitrogens with one attached hydrogen (secondary N) is 1. The van der Waals surface area contributed by atoms with Crippen molar-refractivity contribution in [2.75, 3.05) is 5.32 Å². The Bertz CT molecular complexity index is 400. The average Bonchev–Trinajstić information content (AvgIpc) is 3.16. The zero-order valence-corrected chi connectivity index (χ0v) is 11.7. The molecule has 18 heavy (non-hydrogen) atoms. The van der Waals surface area contributed by atoms with Crippen LogP contribution in [0.2, 0.25) is 0 Å². The number of aromatic nitrogens is 2. The second kappa shape index (κ2) is 4.94. The quantitative estimate of drug-likeness (QED) is 0.874. The van der Waals surface area contributed by atoms with Gasteiger partial charge in [0.2, 0.25) is 5.95 Å². The fraction of sp³-hybridized carbons (Fsp3) is 0.800. The molecule has 1 N–H and O–H groups in total. The molecule has 2 saturated carbocycles. The van der Waals surface area contributed by atoms with E-state index in [0.29, 0.717) is 12.1 Å². The fourth-order valence-electron chi connectivity index (χ4n) is 3.18. The number of hydrogen-bond donors (Lipinski definition) is 1. The minimum Gasteiger partial charge on any atom is -0.353 e. The highest BCUT2D eigenvalue weighted by Gasteiger charge is 2.29. The van der Waals surface area contributed by atoms with Crippen molar-refractivity contribution in [3.63, 3.8) is 0 Å². The first-order valence-corrected chi connectivity index (χ1v) is 7.56. The number of rotatable bonds is 4. The Morgan fingerprint density at radius 2 is 1.94 bits per heavy atom. The molecule has 1 unspecified atom stereocenters. The monoisotopic (exact) mass is 247 g/mol. The molecule has 3 heteroatoms. The van der Waals surface area contributed by atoms with Crippen molar-refractivity contribution in [3.05, 3.63) is 11.9 Å². The summed E-state index contributed by atoms with van der Waals surface area (Å²) in [6.45, 7) is 4.40. The van der Waals surface area contributed by atoms with Crippen LogP contribution in [0.15, 0.2) is 6.20 Å². The Hall–Kier alpha value is -0.990. The molecule has 1 aromatic heterocycles. The van der Waals surface area contributed by atoms with Crippen molar-refractivity contribution < 1.29 is 0 Å². The Kier molecular flexibility index (Phi) is 3.31. The lowest BCUT2D eigenvalue weighted by atomic mass is 9.95. The van der Waals surface area contributed by atoms with E-state index in [2.05, 4.69) is 34.9 Å². The Morgan fingerprint density at radius 1 is 1.22 bits per heavy atom. The van der Waals surface area contributed by atoms with Gasteiger partial charge in [-0.2, -0.15) is 0 Å². The minimum absolute atomic E-state index is 0.578. The fourth-order valence-corrected chi connectivity index (χ4v) is 3.18. The molecular formula is C15H25N3. The molecule has 1 atom stereocenters. The van der Waals surface area contributed by atoms with Crippen LogP contribution >= 0.6 is 0 Å². The van der Waals surface area contributed by atoms with Crippen molar-refractivity contribution in [3.8, 4) is 0 Å². The molecule has 0 spiro atoms. The van der Waals surface area contributed by atoms with Crippen LogP contribution in [-0.2, 0) is 0 Å². The van der Waals surface area contributed by atoms with Gasteiger partial charge in [-0.25, -0.2) is 4.98 Å². The number of nitrogens with zero attached hydrogens (tertiary/aromatic N) is 2. The summed E-state index contributed by atoms with van der Waals surface area (Å²) in [5, 5.41) is 3.64. The van der Waals surface area contributed by atoms with Gasteiger partial charge in [0.25, 0.3) is 0 Å². The lowest BCUT2D eigenvalue weighted by Crippen LogP contribution is -2.22. The highest BCUT2D eigenvalue weighted by Crippen LogP contribution is 2.35. The molecule has 3 rings (SSSR count). The molecule has 2 aliphatic rings. The Labute approximate surface area is 110 Å². The zero-order valence-electron chi connectivity index (χ0n) is 11.7. The van der Waals surface area contributed by atoms with Crippen molar-refractivity contribution >= 4 is 5.95 Å². The topological polar surface area (TPSA) is 29.9 Å². The molecule has 1 heterocycles. The van der Waals surface area contributed by atoms with Gasteiger partial charge in [-0.1, -0.05) is 19.3 Å². The molecule has 0 aliphatic heterocycles. The van der Waals surface area contributed by atoms with E-state index in [9.17, 15) is 0 Å². The van der Waals surface area contributed by atoms with Crippen LogP contribution in [0, 0.1) is 12.8 Å². The lowest BCUT2D eigenvalue weighted by molar-refractivity contribution is 0.355. The summed E-state index contributed by atoms with van der Waals surface area (Å²) >= 11 is 0. The van der Waals surface area contributed by atoms with Gasteiger partial charge in [-0.3, -0.25) is 0 Å². The van der Waals surface area contributed by atoms with Crippen molar-refractivity contribution in [1.29, 1.82) is 0 Å². The van der Waals surface area contributed by atoms with Crippen LogP contribution in [0.5, 0.6) is 0 Å². The average molecular weight is 247 g/mol. The van der Waals surface area contributed by atoms with Gasteiger partial charge in [-0.15, -0.1) is 0 Å². The molecule has 0 radical (unpaired) electrons. The summed E-state index contributed by atoms with van der Waals surface area (Å²) in [7, 11) is 0. The molecule has 0 bridgehead atoms. The summed E-state index contributed by atoms with van der Waals surface area (Å²) < 4.78 is 2.41. The van der Waals surface area contributed by atoms with Crippen LogP contribution in [0.3, 0.4) is 0 Å².